The topological polar surface area (TPSA) is 80.2 Å². The molecule has 32 heavy (non-hydrogen) atoms. The number of hydrogen-bond acceptors (Lipinski definition) is 6. The number of amides is 1. The van der Waals surface area contributed by atoms with Gasteiger partial charge in [-0.1, -0.05) is 26.0 Å². The van der Waals surface area contributed by atoms with Crippen molar-refractivity contribution < 1.29 is 13.9 Å². The zero-order chi connectivity index (χ0) is 22.8. The number of carbonyl (C=O) groups is 1. The van der Waals surface area contributed by atoms with Gasteiger partial charge in [0, 0.05) is 18.0 Å². The summed E-state index contributed by atoms with van der Waals surface area (Å²) in [6, 6.07) is 10.4. The SMILES string of the molecule is Cc1cc(-c2ccc([C@@H](C)Nc3nccc(N4C(=O)OC[C@@H]4C(C)C)n3)nc2)ccc1F. The van der Waals surface area contributed by atoms with Crippen LogP contribution in [0.5, 0.6) is 0 Å². The van der Waals surface area contributed by atoms with Crippen molar-refractivity contribution in [3.05, 3.63) is 65.9 Å². The van der Waals surface area contributed by atoms with Gasteiger partial charge in [-0.3, -0.25) is 9.88 Å². The van der Waals surface area contributed by atoms with Gasteiger partial charge in [-0.25, -0.2) is 14.2 Å². The Morgan fingerprint density at radius 2 is 1.91 bits per heavy atom. The summed E-state index contributed by atoms with van der Waals surface area (Å²) in [5.74, 6) is 0.919. The molecule has 0 saturated carbocycles. The van der Waals surface area contributed by atoms with Crippen molar-refractivity contribution in [2.24, 2.45) is 5.92 Å². The van der Waals surface area contributed by atoms with Gasteiger partial charge in [0.05, 0.1) is 17.8 Å². The summed E-state index contributed by atoms with van der Waals surface area (Å²) >= 11 is 0. The van der Waals surface area contributed by atoms with Crippen molar-refractivity contribution in [1.29, 1.82) is 0 Å². The Kier molecular flexibility index (Phi) is 6.03. The number of carbonyl (C=O) groups excluding carboxylic acids is 1. The fourth-order valence-electron chi connectivity index (χ4n) is 3.67. The van der Waals surface area contributed by atoms with Gasteiger partial charge in [0.2, 0.25) is 5.95 Å². The number of nitrogens with one attached hydrogen (secondary N) is 1. The molecule has 2 aromatic heterocycles. The molecule has 1 N–H and O–H groups in total. The molecular weight excluding hydrogens is 409 g/mol. The molecule has 0 unspecified atom stereocenters. The molecule has 0 spiro atoms. The van der Waals surface area contributed by atoms with Gasteiger partial charge in [0.25, 0.3) is 0 Å². The van der Waals surface area contributed by atoms with E-state index < -0.39 is 6.09 Å². The van der Waals surface area contributed by atoms with Crippen LogP contribution in [0.3, 0.4) is 0 Å². The van der Waals surface area contributed by atoms with Crippen molar-refractivity contribution in [3.8, 4) is 11.1 Å². The highest BCUT2D eigenvalue weighted by atomic mass is 19.1. The Morgan fingerprint density at radius 1 is 1.12 bits per heavy atom. The van der Waals surface area contributed by atoms with Gasteiger partial charge in [0.15, 0.2) is 0 Å². The van der Waals surface area contributed by atoms with E-state index in [1.54, 1.807) is 42.4 Å². The number of benzene rings is 1. The van der Waals surface area contributed by atoms with E-state index in [9.17, 15) is 9.18 Å². The second kappa shape index (κ2) is 8.90. The van der Waals surface area contributed by atoms with Crippen LogP contribution in [-0.2, 0) is 4.74 Å². The first-order chi connectivity index (χ1) is 15.3. The van der Waals surface area contributed by atoms with Crippen LogP contribution in [0.4, 0.5) is 21.0 Å². The predicted octanol–water partition coefficient (Wildman–Crippen LogP) is 5.14. The summed E-state index contributed by atoms with van der Waals surface area (Å²) in [4.78, 5) is 27.2. The Hall–Kier alpha value is -3.55. The molecule has 0 bridgehead atoms. The molecule has 1 aliphatic heterocycles. The summed E-state index contributed by atoms with van der Waals surface area (Å²) in [6.07, 6.45) is 2.99. The largest absolute Gasteiger partial charge is 0.447 e. The van der Waals surface area contributed by atoms with Crippen LogP contribution in [-0.4, -0.2) is 33.7 Å². The lowest BCUT2D eigenvalue weighted by molar-refractivity contribution is 0.177. The first-order valence-electron chi connectivity index (χ1n) is 10.6. The normalized spacial score (nSPS) is 16.9. The number of halogens is 1. The third-order valence-corrected chi connectivity index (χ3v) is 5.63. The first kappa shape index (κ1) is 21.7. The highest BCUT2D eigenvalue weighted by molar-refractivity contribution is 5.89. The van der Waals surface area contributed by atoms with Gasteiger partial charge < -0.3 is 10.1 Å². The number of aryl methyl sites for hydroxylation is 1. The van der Waals surface area contributed by atoms with Gasteiger partial charge in [0.1, 0.15) is 18.2 Å². The summed E-state index contributed by atoms with van der Waals surface area (Å²) in [5, 5.41) is 3.24. The van der Waals surface area contributed by atoms with Crippen molar-refractivity contribution in [3.63, 3.8) is 0 Å². The molecular formula is C24H26FN5O2. The first-order valence-corrected chi connectivity index (χ1v) is 10.6. The minimum absolute atomic E-state index is 0.0630. The molecule has 1 aromatic carbocycles. The minimum atomic E-state index is -0.394. The highest BCUT2D eigenvalue weighted by Gasteiger charge is 2.37. The molecule has 7 nitrogen and oxygen atoms in total. The van der Waals surface area contributed by atoms with Crippen LogP contribution in [0.2, 0.25) is 0 Å². The number of hydrogen-bond donors (Lipinski definition) is 1. The second-order valence-corrected chi connectivity index (χ2v) is 8.30. The van der Waals surface area contributed by atoms with E-state index in [-0.39, 0.29) is 23.8 Å². The fraction of sp³-hybridized carbons (Fsp3) is 0.333. The van der Waals surface area contributed by atoms with Crippen LogP contribution in [0, 0.1) is 18.7 Å². The van der Waals surface area contributed by atoms with E-state index in [0.29, 0.717) is 23.9 Å². The van der Waals surface area contributed by atoms with Gasteiger partial charge in [-0.15, -0.1) is 0 Å². The molecule has 2 atom stereocenters. The molecule has 0 aliphatic carbocycles. The van der Waals surface area contributed by atoms with E-state index in [4.69, 9.17) is 4.74 Å². The van der Waals surface area contributed by atoms with Crippen LogP contribution >= 0.6 is 0 Å². The maximum atomic E-state index is 13.5. The number of cyclic esters (lactones) is 1. The summed E-state index contributed by atoms with van der Waals surface area (Å²) in [6.45, 7) is 8.14. The fourth-order valence-corrected chi connectivity index (χ4v) is 3.67. The van der Waals surface area contributed by atoms with Crippen LogP contribution in [0.1, 0.15) is 38.1 Å². The van der Waals surface area contributed by atoms with Crippen molar-refractivity contribution in [2.45, 2.75) is 39.8 Å². The van der Waals surface area contributed by atoms with Crippen LogP contribution in [0.15, 0.2) is 48.8 Å². The average Bonchev–Trinajstić information content (AvgIpc) is 3.18. The Bertz CT molecular complexity index is 1120. The van der Waals surface area contributed by atoms with Crippen molar-refractivity contribution in [2.75, 3.05) is 16.8 Å². The maximum absolute atomic E-state index is 13.5. The number of nitrogens with zero attached hydrogens (tertiary/aromatic N) is 4. The minimum Gasteiger partial charge on any atom is -0.447 e. The molecule has 1 aliphatic rings. The average molecular weight is 436 g/mol. The van der Waals surface area contributed by atoms with Crippen molar-refractivity contribution >= 4 is 17.9 Å². The molecule has 0 radical (unpaired) electrons. The summed E-state index contributed by atoms with van der Waals surface area (Å²) in [7, 11) is 0. The smallest absolute Gasteiger partial charge is 0.415 e. The van der Waals surface area contributed by atoms with Crippen LogP contribution < -0.4 is 10.2 Å². The zero-order valence-corrected chi connectivity index (χ0v) is 18.5. The van der Waals surface area contributed by atoms with Crippen molar-refractivity contribution in [1.82, 2.24) is 15.0 Å². The van der Waals surface area contributed by atoms with Gasteiger partial charge in [-0.05, 0) is 55.2 Å². The van der Waals surface area contributed by atoms with Gasteiger partial charge >= 0.3 is 6.09 Å². The predicted molar refractivity (Wildman–Crippen MR) is 121 cm³/mol. The van der Waals surface area contributed by atoms with E-state index >= 15 is 0 Å². The lowest BCUT2D eigenvalue weighted by atomic mass is 10.0. The second-order valence-electron chi connectivity index (χ2n) is 8.30. The lowest BCUT2D eigenvalue weighted by Gasteiger charge is -2.23. The van der Waals surface area contributed by atoms with E-state index in [0.717, 1.165) is 16.8 Å². The third kappa shape index (κ3) is 4.39. The van der Waals surface area contributed by atoms with Crippen LogP contribution in [0.25, 0.3) is 11.1 Å². The third-order valence-electron chi connectivity index (χ3n) is 5.63. The molecule has 3 aromatic rings. The van der Waals surface area contributed by atoms with E-state index in [2.05, 4.69) is 20.3 Å². The standard InChI is InChI=1S/C24H26FN5O2/c1-14(2)21-13-32-24(31)30(21)22-9-10-26-23(29-22)28-16(4)20-8-6-18(12-27-20)17-5-7-19(25)15(3)11-17/h5-12,14,16,21H,13H2,1-4H3,(H,26,28,29)/t16-,21-/m1/s1. The Balaban J connectivity index is 1.49. The number of ether oxygens (including phenoxy) is 1. The molecule has 166 valence electrons. The highest BCUT2D eigenvalue weighted by Crippen LogP contribution is 2.27. The molecule has 1 amide bonds. The number of rotatable bonds is 6. The Labute approximate surface area is 186 Å². The Morgan fingerprint density at radius 3 is 2.59 bits per heavy atom. The summed E-state index contributed by atoms with van der Waals surface area (Å²) < 4.78 is 18.8. The van der Waals surface area contributed by atoms with E-state index in [1.807, 2.05) is 32.9 Å². The molecule has 4 rings (SSSR count). The number of pyridine rings is 1. The quantitative estimate of drug-likeness (QED) is 0.577. The van der Waals surface area contributed by atoms with Gasteiger partial charge in [-0.2, -0.15) is 4.98 Å². The maximum Gasteiger partial charge on any atom is 0.415 e. The lowest BCUT2D eigenvalue weighted by Crippen LogP contribution is -2.37. The molecule has 3 heterocycles. The summed E-state index contributed by atoms with van der Waals surface area (Å²) in [5.41, 5.74) is 3.23. The molecule has 1 fully saturated rings. The number of aromatic nitrogens is 3. The zero-order valence-electron chi connectivity index (χ0n) is 18.5. The molecule has 1 saturated heterocycles. The molecule has 8 heteroatoms. The van der Waals surface area contributed by atoms with E-state index in [1.165, 1.54) is 6.07 Å². The number of anilines is 2. The monoisotopic (exact) mass is 435 g/mol.